The van der Waals surface area contributed by atoms with Gasteiger partial charge in [0.05, 0.1) is 10.5 Å². The average molecular weight is 358 g/mol. The quantitative estimate of drug-likeness (QED) is 0.765. The standard InChI is InChI=1S/C15H13F3N2O3S/c16-12(17)4-8-3-7(6-19-8)9-1-2-10(21)14(15(9)18)11-5-13(22)20-24(11)23/h1-3,5,8,12,19,21H,4,6H2,(H,20,22)/t8-,24?/m0/s1. The predicted molar refractivity (Wildman–Crippen MR) is 82.7 cm³/mol. The molecule has 0 spiro atoms. The van der Waals surface area contributed by atoms with E-state index in [0.717, 1.165) is 6.08 Å². The largest absolute Gasteiger partial charge is 0.507 e. The lowest BCUT2D eigenvalue weighted by Gasteiger charge is -2.11. The number of rotatable bonds is 4. The first-order valence-electron chi connectivity index (χ1n) is 7.05. The number of carbonyl (C=O) groups is 1. The van der Waals surface area contributed by atoms with E-state index in [4.69, 9.17) is 0 Å². The lowest BCUT2D eigenvalue weighted by Crippen LogP contribution is -2.24. The molecule has 0 saturated carbocycles. The number of phenolic OH excluding ortho intramolecular Hbond substituents is 1. The molecule has 128 valence electrons. The summed E-state index contributed by atoms with van der Waals surface area (Å²) in [5.74, 6) is -1.95. The molecular weight excluding hydrogens is 345 g/mol. The minimum absolute atomic E-state index is 0.101. The third kappa shape index (κ3) is 3.09. The van der Waals surface area contributed by atoms with E-state index in [1.165, 1.54) is 18.2 Å². The van der Waals surface area contributed by atoms with Crippen LogP contribution in [0.3, 0.4) is 0 Å². The second-order valence-electron chi connectivity index (χ2n) is 5.37. The molecule has 0 saturated heterocycles. The minimum atomic E-state index is -2.48. The summed E-state index contributed by atoms with van der Waals surface area (Å²) >= 11 is 0. The van der Waals surface area contributed by atoms with Crippen molar-refractivity contribution in [2.24, 2.45) is 0 Å². The molecular formula is C15H13F3N2O3S. The Balaban J connectivity index is 2.00. The summed E-state index contributed by atoms with van der Waals surface area (Å²) in [7, 11) is -1.96. The zero-order valence-electron chi connectivity index (χ0n) is 12.2. The van der Waals surface area contributed by atoms with Crippen LogP contribution in [0, 0.1) is 5.82 Å². The molecule has 0 fully saturated rings. The van der Waals surface area contributed by atoms with Crippen molar-refractivity contribution in [1.82, 2.24) is 10.0 Å². The second-order valence-corrected chi connectivity index (χ2v) is 6.55. The minimum Gasteiger partial charge on any atom is -0.507 e. The highest BCUT2D eigenvalue weighted by molar-refractivity contribution is 7.94. The second kappa shape index (κ2) is 6.40. The molecule has 0 radical (unpaired) electrons. The third-order valence-electron chi connectivity index (χ3n) is 3.76. The molecule has 1 aromatic rings. The Morgan fingerprint density at radius 2 is 2.12 bits per heavy atom. The first-order chi connectivity index (χ1) is 11.4. The van der Waals surface area contributed by atoms with Gasteiger partial charge in [0, 0.05) is 30.6 Å². The Kier molecular flexibility index (Phi) is 4.46. The maximum absolute atomic E-state index is 14.8. The van der Waals surface area contributed by atoms with Crippen LogP contribution in [-0.4, -0.2) is 34.2 Å². The zero-order valence-corrected chi connectivity index (χ0v) is 13.0. The summed E-state index contributed by atoms with van der Waals surface area (Å²) in [5.41, 5.74) is 0.231. The number of phenols is 1. The van der Waals surface area contributed by atoms with Gasteiger partial charge in [0.25, 0.3) is 5.91 Å². The Morgan fingerprint density at radius 1 is 1.38 bits per heavy atom. The highest BCUT2D eigenvalue weighted by Gasteiger charge is 2.29. The summed E-state index contributed by atoms with van der Waals surface area (Å²) in [4.78, 5) is 11.1. The van der Waals surface area contributed by atoms with Crippen LogP contribution in [0.2, 0.25) is 0 Å². The highest BCUT2D eigenvalue weighted by atomic mass is 32.2. The molecule has 2 heterocycles. The molecule has 9 heteroatoms. The number of hydrogen-bond donors (Lipinski definition) is 3. The van der Waals surface area contributed by atoms with Gasteiger partial charge in [-0.2, -0.15) is 0 Å². The fourth-order valence-corrected chi connectivity index (χ4v) is 3.64. The van der Waals surface area contributed by atoms with Gasteiger partial charge in [-0.15, -0.1) is 0 Å². The van der Waals surface area contributed by atoms with Crippen LogP contribution in [0.1, 0.15) is 17.5 Å². The van der Waals surface area contributed by atoms with E-state index in [1.807, 2.05) is 0 Å². The van der Waals surface area contributed by atoms with Crippen molar-refractivity contribution in [2.45, 2.75) is 18.9 Å². The van der Waals surface area contributed by atoms with Gasteiger partial charge in [0.2, 0.25) is 6.43 Å². The molecule has 5 nitrogen and oxygen atoms in total. The first kappa shape index (κ1) is 16.7. The number of aromatic hydroxyl groups is 1. The molecule has 3 rings (SSSR count). The van der Waals surface area contributed by atoms with Gasteiger partial charge in [-0.05, 0) is 17.7 Å². The molecule has 1 aromatic carbocycles. The van der Waals surface area contributed by atoms with E-state index in [9.17, 15) is 27.3 Å². The van der Waals surface area contributed by atoms with Gasteiger partial charge in [-0.3, -0.25) is 9.52 Å². The summed E-state index contributed by atoms with van der Waals surface area (Å²) in [6.45, 7) is 0.192. The van der Waals surface area contributed by atoms with Crippen molar-refractivity contribution in [2.75, 3.05) is 6.54 Å². The van der Waals surface area contributed by atoms with Crippen molar-refractivity contribution in [1.29, 1.82) is 0 Å². The van der Waals surface area contributed by atoms with E-state index in [1.54, 1.807) is 0 Å². The Morgan fingerprint density at radius 3 is 2.75 bits per heavy atom. The summed E-state index contributed by atoms with van der Waals surface area (Å²) in [6.07, 6.45) is -0.404. The molecule has 2 aliphatic heterocycles. The van der Waals surface area contributed by atoms with Gasteiger partial charge < -0.3 is 10.4 Å². The number of alkyl halides is 2. The van der Waals surface area contributed by atoms with Crippen LogP contribution >= 0.6 is 0 Å². The van der Waals surface area contributed by atoms with E-state index >= 15 is 0 Å². The van der Waals surface area contributed by atoms with Crippen molar-refractivity contribution < 1.29 is 27.3 Å². The van der Waals surface area contributed by atoms with Crippen molar-refractivity contribution in [3.05, 3.63) is 41.2 Å². The molecule has 2 atom stereocenters. The normalized spacial score (nSPS) is 23.4. The van der Waals surface area contributed by atoms with E-state index in [-0.39, 0.29) is 29.0 Å². The van der Waals surface area contributed by atoms with Crippen LogP contribution in [-0.2, 0) is 15.8 Å². The fraction of sp³-hybridized carbons (Fsp3) is 0.267. The Bertz CT molecular complexity index is 792. The van der Waals surface area contributed by atoms with Gasteiger partial charge >= 0.3 is 0 Å². The molecule has 24 heavy (non-hydrogen) atoms. The van der Waals surface area contributed by atoms with Crippen molar-refractivity contribution in [3.8, 4) is 5.75 Å². The first-order valence-corrected chi connectivity index (χ1v) is 8.20. The van der Waals surface area contributed by atoms with Gasteiger partial charge in [-0.1, -0.05) is 6.08 Å². The highest BCUT2D eigenvalue weighted by Crippen LogP contribution is 2.36. The van der Waals surface area contributed by atoms with E-state index < -0.39 is 40.9 Å². The number of carbonyl (C=O) groups excluding carboxylic acids is 1. The molecule has 0 aromatic heterocycles. The molecule has 0 aliphatic carbocycles. The Hall–Kier alpha value is -2.13. The van der Waals surface area contributed by atoms with Crippen LogP contribution in [0.25, 0.3) is 10.5 Å². The predicted octanol–water partition coefficient (Wildman–Crippen LogP) is 1.68. The fourth-order valence-electron chi connectivity index (χ4n) is 2.69. The van der Waals surface area contributed by atoms with E-state index in [0.29, 0.717) is 5.57 Å². The molecule has 1 amide bonds. The van der Waals surface area contributed by atoms with Crippen LogP contribution < -0.4 is 10.0 Å². The number of nitrogens with one attached hydrogen (secondary N) is 2. The summed E-state index contributed by atoms with van der Waals surface area (Å²) < 4.78 is 53.6. The lowest BCUT2D eigenvalue weighted by atomic mass is 10.0. The topological polar surface area (TPSA) is 78.4 Å². The molecule has 1 unspecified atom stereocenters. The molecule has 0 bridgehead atoms. The van der Waals surface area contributed by atoms with Crippen molar-refractivity contribution >= 4 is 27.4 Å². The maximum atomic E-state index is 14.8. The van der Waals surface area contributed by atoms with Crippen LogP contribution in [0.15, 0.2) is 24.3 Å². The van der Waals surface area contributed by atoms with Crippen LogP contribution in [0.4, 0.5) is 13.2 Å². The Labute approximate surface area is 137 Å². The summed E-state index contributed by atoms with van der Waals surface area (Å²) in [5, 5.41) is 12.7. The zero-order chi connectivity index (χ0) is 17.4. The number of hydrogen-bond acceptors (Lipinski definition) is 4. The SMILES string of the molecule is O=C1C=C(c2c(O)ccc(C3=C[C@@H](CC(F)F)NC3)c2F)S(=O)N1. The molecule has 3 N–H and O–H groups in total. The van der Waals surface area contributed by atoms with Gasteiger partial charge in [0.1, 0.15) is 11.6 Å². The number of benzene rings is 1. The van der Waals surface area contributed by atoms with Gasteiger partial charge in [0.15, 0.2) is 11.0 Å². The number of halogens is 3. The van der Waals surface area contributed by atoms with E-state index in [2.05, 4.69) is 10.0 Å². The van der Waals surface area contributed by atoms with Gasteiger partial charge in [-0.25, -0.2) is 17.4 Å². The van der Waals surface area contributed by atoms with Crippen molar-refractivity contribution in [3.63, 3.8) is 0 Å². The third-order valence-corrected chi connectivity index (χ3v) is 4.86. The maximum Gasteiger partial charge on any atom is 0.257 e. The van der Waals surface area contributed by atoms with Crippen LogP contribution in [0.5, 0.6) is 5.75 Å². The average Bonchev–Trinajstić information content (AvgIpc) is 3.05. The smallest absolute Gasteiger partial charge is 0.257 e. The lowest BCUT2D eigenvalue weighted by molar-refractivity contribution is -0.114. The monoisotopic (exact) mass is 358 g/mol. The summed E-state index contributed by atoms with van der Waals surface area (Å²) in [6, 6.07) is 1.97. The molecule has 2 aliphatic rings. The number of amides is 1.